The quantitative estimate of drug-likeness (QED) is 0.702. The van der Waals surface area contributed by atoms with Crippen LogP contribution in [0.4, 0.5) is 5.69 Å². The SMILES string of the molecule is O=C(Nc1ccc2c(c1)OCO2)c1nnc([C@@H]2CCCN2C(=O)c2ccco2)s1. The van der Waals surface area contributed by atoms with E-state index in [1.54, 1.807) is 35.2 Å². The Morgan fingerprint density at radius 1 is 1.17 bits per heavy atom. The Hall–Kier alpha value is -3.40. The number of rotatable bonds is 4. The number of anilines is 1. The molecule has 1 aromatic carbocycles. The molecule has 2 amide bonds. The highest BCUT2D eigenvalue weighted by Gasteiger charge is 2.34. The molecule has 2 aromatic heterocycles. The first-order valence-electron chi connectivity index (χ1n) is 9.08. The number of hydrogen-bond donors (Lipinski definition) is 1. The van der Waals surface area contributed by atoms with E-state index in [1.807, 2.05) is 0 Å². The molecule has 3 aromatic rings. The van der Waals surface area contributed by atoms with Crippen LogP contribution < -0.4 is 14.8 Å². The van der Waals surface area contributed by atoms with Crippen LogP contribution in [0.3, 0.4) is 0 Å². The normalized spacial score (nSPS) is 17.5. The molecule has 0 saturated carbocycles. The van der Waals surface area contributed by atoms with E-state index in [1.165, 1.54) is 17.6 Å². The molecule has 0 radical (unpaired) electrons. The summed E-state index contributed by atoms with van der Waals surface area (Å²) in [5, 5.41) is 11.9. The lowest BCUT2D eigenvalue weighted by Crippen LogP contribution is -2.30. The summed E-state index contributed by atoms with van der Waals surface area (Å²) < 4.78 is 15.8. The second kappa shape index (κ2) is 7.21. The Labute approximate surface area is 169 Å². The van der Waals surface area contributed by atoms with Crippen molar-refractivity contribution < 1.29 is 23.5 Å². The molecule has 10 heteroatoms. The number of aromatic nitrogens is 2. The predicted octanol–water partition coefficient (Wildman–Crippen LogP) is 3.09. The number of furan rings is 1. The highest BCUT2D eigenvalue weighted by Crippen LogP contribution is 2.36. The van der Waals surface area contributed by atoms with Crippen LogP contribution in [0.5, 0.6) is 11.5 Å². The van der Waals surface area contributed by atoms with Gasteiger partial charge < -0.3 is 24.1 Å². The van der Waals surface area contributed by atoms with E-state index in [4.69, 9.17) is 13.9 Å². The van der Waals surface area contributed by atoms with Crippen molar-refractivity contribution in [3.63, 3.8) is 0 Å². The van der Waals surface area contributed by atoms with Crippen LogP contribution in [0, 0.1) is 0 Å². The van der Waals surface area contributed by atoms with Crippen molar-refractivity contribution in [2.45, 2.75) is 18.9 Å². The Morgan fingerprint density at radius 2 is 2.07 bits per heavy atom. The average molecular weight is 412 g/mol. The largest absolute Gasteiger partial charge is 0.459 e. The van der Waals surface area contributed by atoms with E-state index in [-0.39, 0.29) is 29.7 Å². The van der Waals surface area contributed by atoms with Crippen molar-refractivity contribution in [3.05, 3.63) is 52.4 Å². The van der Waals surface area contributed by atoms with Gasteiger partial charge in [0.05, 0.1) is 12.3 Å². The first kappa shape index (κ1) is 17.7. The number of ether oxygens (including phenoxy) is 2. The Bertz CT molecular complexity index is 1060. The highest BCUT2D eigenvalue weighted by atomic mass is 32.1. The molecule has 2 aliphatic rings. The van der Waals surface area contributed by atoms with Crippen LogP contribution in [0.1, 0.15) is 44.2 Å². The standard InChI is InChI=1S/C19H16N4O5S/c24-16(20-11-5-6-13-15(9-11)28-10-27-13)18-22-21-17(29-18)12-3-1-7-23(12)19(25)14-4-2-8-26-14/h2,4-6,8-9,12H,1,3,7,10H2,(H,20,24)/t12-/m0/s1. The van der Waals surface area contributed by atoms with E-state index in [9.17, 15) is 9.59 Å². The number of nitrogens with one attached hydrogen (secondary N) is 1. The number of fused-ring (bicyclic) bond motifs is 1. The number of amides is 2. The molecule has 9 nitrogen and oxygen atoms in total. The number of carbonyl (C=O) groups excluding carboxylic acids is 2. The molecule has 1 saturated heterocycles. The van der Waals surface area contributed by atoms with Gasteiger partial charge in [0.15, 0.2) is 17.3 Å². The minimum Gasteiger partial charge on any atom is -0.459 e. The van der Waals surface area contributed by atoms with Crippen LogP contribution >= 0.6 is 11.3 Å². The molecule has 5 rings (SSSR count). The molecule has 148 valence electrons. The summed E-state index contributed by atoms with van der Waals surface area (Å²) in [4.78, 5) is 26.9. The van der Waals surface area contributed by atoms with Gasteiger partial charge in [0, 0.05) is 18.3 Å². The topological polar surface area (TPSA) is 107 Å². The zero-order valence-corrected chi connectivity index (χ0v) is 16.0. The summed E-state index contributed by atoms with van der Waals surface area (Å²) in [5.74, 6) is 0.971. The van der Waals surface area contributed by atoms with Crippen LogP contribution in [0.2, 0.25) is 0 Å². The first-order valence-corrected chi connectivity index (χ1v) is 9.89. The molecule has 0 bridgehead atoms. The predicted molar refractivity (Wildman–Crippen MR) is 102 cm³/mol. The third-order valence-corrected chi connectivity index (χ3v) is 5.82. The van der Waals surface area contributed by atoms with Crippen molar-refractivity contribution in [3.8, 4) is 11.5 Å². The summed E-state index contributed by atoms with van der Waals surface area (Å²) in [7, 11) is 0. The maximum absolute atomic E-state index is 12.7. The minimum atomic E-state index is -0.366. The van der Waals surface area contributed by atoms with Crippen molar-refractivity contribution in [2.75, 3.05) is 18.7 Å². The van der Waals surface area contributed by atoms with Gasteiger partial charge in [-0.05, 0) is 37.1 Å². The fourth-order valence-corrected chi connectivity index (χ4v) is 4.31. The molecule has 29 heavy (non-hydrogen) atoms. The zero-order valence-electron chi connectivity index (χ0n) is 15.2. The Morgan fingerprint density at radius 3 is 2.93 bits per heavy atom. The molecular weight excluding hydrogens is 396 g/mol. The lowest BCUT2D eigenvalue weighted by Gasteiger charge is -2.21. The van der Waals surface area contributed by atoms with E-state index >= 15 is 0 Å². The van der Waals surface area contributed by atoms with Gasteiger partial charge in [0.2, 0.25) is 11.8 Å². The van der Waals surface area contributed by atoms with Gasteiger partial charge in [0.25, 0.3) is 11.8 Å². The molecule has 1 atom stereocenters. The summed E-state index contributed by atoms with van der Waals surface area (Å²) in [5.41, 5.74) is 0.575. The maximum Gasteiger partial charge on any atom is 0.290 e. The molecular formula is C19H16N4O5S. The fraction of sp³-hybridized carbons (Fsp3) is 0.263. The fourth-order valence-electron chi connectivity index (χ4n) is 3.43. The van der Waals surface area contributed by atoms with Gasteiger partial charge in [-0.2, -0.15) is 0 Å². The van der Waals surface area contributed by atoms with Crippen molar-refractivity contribution in [1.29, 1.82) is 0 Å². The van der Waals surface area contributed by atoms with E-state index < -0.39 is 0 Å². The lowest BCUT2D eigenvalue weighted by atomic mass is 10.2. The Kier molecular flexibility index (Phi) is 4.39. The van der Waals surface area contributed by atoms with Gasteiger partial charge in [-0.3, -0.25) is 9.59 Å². The van der Waals surface area contributed by atoms with Gasteiger partial charge in [-0.25, -0.2) is 0 Å². The van der Waals surface area contributed by atoms with Gasteiger partial charge >= 0.3 is 0 Å². The molecule has 0 spiro atoms. The summed E-state index contributed by atoms with van der Waals surface area (Å²) >= 11 is 1.19. The van der Waals surface area contributed by atoms with Crippen molar-refractivity contribution in [1.82, 2.24) is 15.1 Å². The second-order valence-electron chi connectivity index (χ2n) is 6.60. The monoisotopic (exact) mass is 412 g/mol. The Balaban J connectivity index is 1.31. The molecule has 2 aliphatic heterocycles. The third kappa shape index (κ3) is 3.31. The first-order chi connectivity index (χ1) is 14.2. The number of hydrogen-bond acceptors (Lipinski definition) is 8. The average Bonchev–Trinajstić information content (AvgIpc) is 3.53. The van der Waals surface area contributed by atoms with Crippen LogP contribution in [-0.4, -0.2) is 40.2 Å². The van der Waals surface area contributed by atoms with Crippen LogP contribution in [-0.2, 0) is 0 Å². The second-order valence-corrected chi connectivity index (χ2v) is 7.61. The smallest absolute Gasteiger partial charge is 0.290 e. The number of nitrogens with zero attached hydrogens (tertiary/aromatic N) is 3. The summed E-state index contributed by atoms with van der Waals surface area (Å²) in [6, 6.07) is 8.28. The number of likely N-dealkylation sites (tertiary alicyclic amines) is 1. The summed E-state index contributed by atoms with van der Waals surface area (Å²) in [6.45, 7) is 0.781. The van der Waals surface area contributed by atoms with E-state index in [2.05, 4.69) is 15.5 Å². The lowest BCUT2D eigenvalue weighted by molar-refractivity contribution is 0.0702. The number of carbonyl (C=O) groups is 2. The molecule has 0 unspecified atom stereocenters. The molecule has 1 N–H and O–H groups in total. The van der Waals surface area contributed by atoms with Gasteiger partial charge in [-0.1, -0.05) is 11.3 Å². The maximum atomic E-state index is 12.7. The van der Waals surface area contributed by atoms with E-state index in [0.29, 0.717) is 34.5 Å². The van der Waals surface area contributed by atoms with Gasteiger partial charge in [0.1, 0.15) is 5.01 Å². The molecule has 0 aliphatic carbocycles. The number of benzene rings is 1. The van der Waals surface area contributed by atoms with E-state index in [0.717, 1.165) is 12.8 Å². The summed E-state index contributed by atoms with van der Waals surface area (Å²) in [6.07, 6.45) is 3.10. The minimum absolute atomic E-state index is 0.168. The molecule has 4 heterocycles. The van der Waals surface area contributed by atoms with Crippen LogP contribution in [0.15, 0.2) is 41.0 Å². The van der Waals surface area contributed by atoms with Crippen LogP contribution in [0.25, 0.3) is 0 Å². The van der Waals surface area contributed by atoms with Gasteiger partial charge in [-0.15, -0.1) is 10.2 Å². The van der Waals surface area contributed by atoms with Crippen molar-refractivity contribution >= 4 is 28.8 Å². The third-order valence-electron chi connectivity index (χ3n) is 4.80. The highest BCUT2D eigenvalue weighted by molar-refractivity contribution is 7.13. The zero-order chi connectivity index (χ0) is 19.8. The molecule has 1 fully saturated rings. The van der Waals surface area contributed by atoms with Crippen molar-refractivity contribution in [2.24, 2.45) is 0 Å².